The molecule has 6 heteroatoms. The predicted molar refractivity (Wildman–Crippen MR) is 102 cm³/mol. The van der Waals surface area contributed by atoms with Crippen molar-refractivity contribution in [2.75, 3.05) is 5.75 Å². The van der Waals surface area contributed by atoms with Crippen molar-refractivity contribution in [3.05, 3.63) is 63.9 Å². The van der Waals surface area contributed by atoms with Crippen LogP contribution in [0.25, 0.3) is 0 Å². The van der Waals surface area contributed by atoms with E-state index in [0.29, 0.717) is 16.1 Å². The van der Waals surface area contributed by atoms with Crippen LogP contribution < -0.4 is 0 Å². The molecule has 1 fully saturated rings. The van der Waals surface area contributed by atoms with E-state index in [-0.39, 0.29) is 12.1 Å². The first-order chi connectivity index (χ1) is 11.7. The SMILES string of the molecule is CC[C@H]1CSC2=N[C@H](c3ccccn3)[C@@H](c3ccc(Cl)cc3Cl)N21. The Balaban J connectivity index is 1.82. The molecule has 3 heterocycles. The van der Waals surface area contributed by atoms with E-state index in [4.69, 9.17) is 28.2 Å². The van der Waals surface area contributed by atoms with E-state index in [2.05, 4.69) is 16.8 Å². The third-order valence-electron chi connectivity index (χ3n) is 4.61. The number of benzene rings is 1. The number of nitrogens with zero attached hydrogens (tertiary/aromatic N) is 3. The van der Waals surface area contributed by atoms with Crippen LogP contribution in [0.4, 0.5) is 0 Å². The summed E-state index contributed by atoms with van der Waals surface area (Å²) in [6, 6.07) is 12.2. The summed E-state index contributed by atoms with van der Waals surface area (Å²) in [6.45, 7) is 2.22. The van der Waals surface area contributed by atoms with Crippen molar-refractivity contribution in [1.82, 2.24) is 9.88 Å². The molecule has 2 aliphatic rings. The molecule has 124 valence electrons. The molecule has 4 rings (SSSR count). The van der Waals surface area contributed by atoms with Crippen molar-refractivity contribution < 1.29 is 0 Å². The van der Waals surface area contributed by atoms with Gasteiger partial charge in [-0.05, 0) is 36.2 Å². The summed E-state index contributed by atoms with van der Waals surface area (Å²) in [4.78, 5) is 12.0. The van der Waals surface area contributed by atoms with Gasteiger partial charge in [0, 0.05) is 28.0 Å². The molecule has 0 unspecified atom stereocenters. The summed E-state index contributed by atoms with van der Waals surface area (Å²) in [5.74, 6) is 1.08. The molecule has 1 saturated heterocycles. The second-order valence-corrected chi connectivity index (χ2v) is 7.83. The molecule has 2 aliphatic heterocycles. The zero-order valence-electron chi connectivity index (χ0n) is 13.2. The molecule has 0 N–H and O–H groups in total. The summed E-state index contributed by atoms with van der Waals surface area (Å²) < 4.78 is 0. The van der Waals surface area contributed by atoms with Crippen molar-refractivity contribution in [3.8, 4) is 0 Å². The Labute approximate surface area is 156 Å². The molecule has 0 amide bonds. The minimum absolute atomic E-state index is 0.0401. The van der Waals surface area contributed by atoms with Gasteiger partial charge in [0.2, 0.25) is 0 Å². The number of hydrogen-bond donors (Lipinski definition) is 0. The van der Waals surface area contributed by atoms with Crippen LogP contribution >= 0.6 is 35.0 Å². The van der Waals surface area contributed by atoms with Crippen LogP contribution in [0.15, 0.2) is 47.6 Å². The summed E-state index contributed by atoms with van der Waals surface area (Å²) in [5.41, 5.74) is 2.04. The second kappa shape index (κ2) is 6.58. The molecule has 0 spiro atoms. The number of halogens is 2. The van der Waals surface area contributed by atoms with Crippen LogP contribution in [0.2, 0.25) is 10.0 Å². The van der Waals surface area contributed by atoms with Crippen LogP contribution in [0.1, 0.15) is 36.7 Å². The van der Waals surface area contributed by atoms with E-state index in [1.165, 1.54) is 0 Å². The molecule has 0 radical (unpaired) electrons. The van der Waals surface area contributed by atoms with Gasteiger partial charge in [0.05, 0.1) is 11.7 Å². The lowest BCUT2D eigenvalue weighted by Crippen LogP contribution is -2.35. The van der Waals surface area contributed by atoms with E-state index < -0.39 is 0 Å². The van der Waals surface area contributed by atoms with Gasteiger partial charge in [-0.2, -0.15) is 0 Å². The highest BCUT2D eigenvalue weighted by Crippen LogP contribution is 2.50. The van der Waals surface area contributed by atoms with Crippen LogP contribution in [-0.4, -0.2) is 26.8 Å². The minimum Gasteiger partial charge on any atom is -0.338 e. The Kier molecular flexibility index (Phi) is 4.46. The molecule has 24 heavy (non-hydrogen) atoms. The Morgan fingerprint density at radius 3 is 2.83 bits per heavy atom. The first-order valence-corrected chi connectivity index (χ1v) is 9.78. The zero-order valence-corrected chi connectivity index (χ0v) is 15.5. The van der Waals surface area contributed by atoms with Gasteiger partial charge in [0.15, 0.2) is 5.17 Å². The molecule has 2 aromatic rings. The minimum atomic E-state index is -0.0401. The van der Waals surface area contributed by atoms with Crippen molar-refractivity contribution in [1.29, 1.82) is 0 Å². The van der Waals surface area contributed by atoms with E-state index in [1.54, 1.807) is 0 Å². The van der Waals surface area contributed by atoms with E-state index in [1.807, 2.05) is 54.4 Å². The van der Waals surface area contributed by atoms with Crippen LogP contribution in [0.5, 0.6) is 0 Å². The summed E-state index contributed by atoms with van der Waals surface area (Å²) in [6.07, 6.45) is 2.91. The van der Waals surface area contributed by atoms with Crippen molar-refractivity contribution in [3.63, 3.8) is 0 Å². The number of thioether (sulfide) groups is 1. The highest BCUT2D eigenvalue weighted by molar-refractivity contribution is 8.14. The third kappa shape index (κ3) is 2.71. The average Bonchev–Trinajstić information content (AvgIpc) is 3.15. The summed E-state index contributed by atoms with van der Waals surface area (Å²) >= 11 is 14.5. The quantitative estimate of drug-likeness (QED) is 0.719. The zero-order chi connectivity index (χ0) is 16.7. The summed E-state index contributed by atoms with van der Waals surface area (Å²) in [5, 5.41) is 2.45. The van der Waals surface area contributed by atoms with Gasteiger partial charge in [-0.1, -0.05) is 54.0 Å². The normalized spacial score (nSPS) is 25.7. The maximum absolute atomic E-state index is 6.55. The first kappa shape index (κ1) is 16.2. The molecule has 1 aromatic carbocycles. The lowest BCUT2D eigenvalue weighted by atomic mass is 9.95. The fourth-order valence-electron chi connectivity index (χ4n) is 3.43. The van der Waals surface area contributed by atoms with Gasteiger partial charge >= 0.3 is 0 Å². The highest BCUT2D eigenvalue weighted by Gasteiger charge is 2.46. The Morgan fingerprint density at radius 2 is 2.12 bits per heavy atom. The van der Waals surface area contributed by atoms with Gasteiger partial charge in [-0.25, -0.2) is 0 Å². The molecule has 3 atom stereocenters. The first-order valence-electron chi connectivity index (χ1n) is 8.04. The number of pyridine rings is 1. The number of aromatic nitrogens is 1. The third-order valence-corrected chi connectivity index (χ3v) is 6.30. The predicted octanol–water partition coefficient (Wildman–Crippen LogP) is 5.37. The van der Waals surface area contributed by atoms with E-state index in [0.717, 1.165) is 28.6 Å². The Hall–Kier alpha value is -1.23. The van der Waals surface area contributed by atoms with Gasteiger partial charge in [-0.3, -0.25) is 9.98 Å². The van der Waals surface area contributed by atoms with E-state index >= 15 is 0 Å². The van der Waals surface area contributed by atoms with Gasteiger partial charge in [0.25, 0.3) is 0 Å². The largest absolute Gasteiger partial charge is 0.338 e. The van der Waals surface area contributed by atoms with Crippen molar-refractivity contribution >= 4 is 40.1 Å². The standard InChI is InChI=1S/C18H17Cl2N3S/c1-2-12-10-24-18-22-16(15-5-3-4-8-21-15)17(23(12)18)13-7-6-11(19)9-14(13)20/h3-9,12,16-17H,2,10H2,1H3/t12-,16+,17+/m0/s1. The second-order valence-electron chi connectivity index (χ2n) is 6.00. The maximum Gasteiger partial charge on any atom is 0.160 e. The molecule has 0 bridgehead atoms. The molecule has 3 nitrogen and oxygen atoms in total. The van der Waals surface area contributed by atoms with Gasteiger partial charge in [-0.15, -0.1) is 0 Å². The summed E-state index contributed by atoms with van der Waals surface area (Å²) in [7, 11) is 0. The smallest absolute Gasteiger partial charge is 0.160 e. The fraction of sp³-hybridized carbons (Fsp3) is 0.333. The molecular weight excluding hydrogens is 361 g/mol. The molecule has 0 aliphatic carbocycles. The van der Waals surface area contributed by atoms with Crippen LogP contribution in [0.3, 0.4) is 0 Å². The van der Waals surface area contributed by atoms with Crippen LogP contribution in [0, 0.1) is 0 Å². The Morgan fingerprint density at radius 1 is 1.25 bits per heavy atom. The van der Waals surface area contributed by atoms with Crippen molar-refractivity contribution in [2.24, 2.45) is 4.99 Å². The van der Waals surface area contributed by atoms with Crippen LogP contribution in [-0.2, 0) is 0 Å². The number of fused-ring (bicyclic) bond motifs is 1. The lowest BCUT2D eigenvalue weighted by molar-refractivity contribution is 0.255. The number of amidine groups is 1. The van der Waals surface area contributed by atoms with E-state index in [9.17, 15) is 0 Å². The van der Waals surface area contributed by atoms with Crippen molar-refractivity contribution in [2.45, 2.75) is 31.5 Å². The fourth-order valence-corrected chi connectivity index (χ4v) is 5.29. The van der Waals surface area contributed by atoms with Gasteiger partial charge in [0.1, 0.15) is 6.04 Å². The average molecular weight is 378 g/mol. The number of hydrogen-bond acceptors (Lipinski definition) is 4. The number of aliphatic imine (C=N–C) groups is 1. The molecular formula is C18H17Cl2N3S. The maximum atomic E-state index is 6.55. The Bertz CT molecular complexity index is 781. The topological polar surface area (TPSA) is 28.5 Å². The monoisotopic (exact) mass is 377 g/mol. The molecule has 0 saturated carbocycles. The number of rotatable bonds is 3. The molecule has 1 aromatic heterocycles. The lowest BCUT2D eigenvalue weighted by Gasteiger charge is -2.32. The van der Waals surface area contributed by atoms with Gasteiger partial charge < -0.3 is 4.90 Å². The highest BCUT2D eigenvalue weighted by atomic mass is 35.5.